The highest BCUT2D eigenvalue weighted by molar-refractivity contribution is 7.15. The number of carbonyl (C=O) groups is 1. The zero-order valence-corrected chi connectivity index (χ0v) is 14.8. The maximum Gasteiger partial charge on any atom is 0.241 e. The van der Waals surface area contributed by atoms with Crippen LogP contribution in [-0.4, -0.2) is 28.6 Å². The van der Waals surface area contributed by atoms with Crippen molar-refractivity contribution in [2.45, 2.75) is 32.6 Å². The number of hydrogen-bond donors (Lipinski definition) is 1. The minimum Gasteiger partial charge on any atom is -0.494 e. The van der Waals surface area contributed by atoms with E-state index in [2.05, 4.69) is 41.5 Å². The summed E-state index contributed by atoms with van der Waals surface area (Å²) >= 11 is 6.79. The number of benzene rings is 1. The Morgan fingerprint density at radius 2 is 2.22 bits per heavy atom. The Labute approximate surface area is 145 Å². The largest absolute Gasteiger partial charge is 0.494 e. The van der Waals surface area contributed by atoms with Crippen LogP contribution in [0.15, 0.2) is 24.3 Å². The van der Waals surface area contributed by atoms with Crippen LogP contribution in [0.2, 0.25) is 0 Å². The zero-order valence-electron chi connectivity index (χ0n) is 13.2. The number of halogens is 1. The average molecular weight is 354 g/mol. The number of aryl methyl sites for hydroxylation is 1. The predicted molar refractivity (Wildman–Crippen MR) is 93.6 cm³/mol. The number of alkyl halides is 1. The summed E-state index contributed by atoms with van der Waals surface area (Å²) in [5.41, 5.74) is 1.27. The van der Waals surface area contributed by atoms with Crippen molar-refractivity contribution in [3.63, 3.8) is 0 Å². The van der Waals surface area contributed by atoms with Gasteiger partial charge in [0.1, 0.15) is 16.6 Å². The highest BCUT2D eigenvalue weighted by Gasteiger charge is 2.07. The van der Waals surface area contributed by atoms with E-state index in [0.717, 1.165) is 23.6 Å². The van der Waals surface area contributed by atoms with E-state index in [4.69, 9.17) is 16.3 Å². The standard InChI is InChI=1S/C16H20ClN3O2S/c1-11(2)12-5-3-6-13(9-12)22-8-4-7-15-19-20-16(23-15)18-14(21)10-17/h3,5-6,9,11H,4,7-8,10H2,1-2H3,(H,18,20,21). The number of anilines is 1. The molecule has 5 nitrogen and oxygen atoms in total. The molecular formula is C16H20ClN3O2S. The lowest BCUT2D eigenvalue weighted by molar-refractivity contribution is -0.113. The molecule has 0 saturated carbocycles. The topological polar surface area (TPSA) is 64.1 Å². The van der Waals surface area contributed by atoms with Crippen LogP contribution < -0.4 is 10.1 Å². The fourth-order valence-corrected chi connectivity index (χ4v) is 2.80. The summed E-state index contributed by atoms with van der Waals surface area (Å²) in [6.45, 7) is 4.94. The van der Waals surface area contributed by atoms with E-state index in [-0.39, 0.29) is 11.8 Å². The van der Waals surface area contributed by atoms with Crippen LogP contribution in [0.25, 0.3) is 0 Å². The molecule has 0 aliphatic carbocycles. The number of ether oxygens (including phenoxy) is 1. The summed E-state index contributed by atoms with van der Waals surface area (Å²) in [4.78, 5) is 11.2. The van der Waals surface area contributed by atoms with Crippen molar-refractivity contribution in [1.29, 1.82) is 0 Å². The van der Waals surface area contributed by atoms with Crippen LogP contribution in [0, 0.1) is 0 Å². The second kappa shape index (κ2) is 8.84. The van der Waals surface area contributed by atoms with Crippen molar-refractivity contribution < 1.29 is 9.53 Å². The van der Waals surface area contributed by atoms with Crippen molar-refractivity contribution in [3.05, 3.63) is 34.8 Å². The molecule has 1 heterocycles. The van der Waals surface area contributed by atoms with Crippen LogP contribution in [-0.2, 0) is 11.2 Å². The van der Waals surface area contributed by atoms with E-state index in [1.807, 2.05) is 12.1 Å². The maximum absolute atomic E-state index is 11.2. The van der Waals surface area contributed by atoms with Gasteiger partial charge in [0.15, 0.2) is 0 Å². The SMILES string of the molecule is CC(C)c1cccc(OCCCc2nnc(NC(=O)CCl)s2)c1. The Morgan fingerprint density at radius 1 is 1.39 bits per heavy atom. The number of nitrogens with one attached hydrogen (secondary N) is 1. The highest BCUT2D eigenvalue weighted by atomic mass is 35.5. The maximum atomic E-state index is 11.2. The summed E-state index contributed by atoms with van der Waals surface area (Å²) in [7, 11) is 0. The highest BCUT2D eigenvalue weighted by Crippen LogP contribution is 2.21. The molecular weight excluding hydrogens is 334 g/mol. The van der Waals surface area contributed by atoms with Gasteiger partial charge in [0.25, 0.3) is 0 Å². The van der Waals surface area contributed by atoms with Gasteiger partial charge in [-0.25, -0.2) is 0 Å². The monoisotopic (exact) mass is 353 g/mol. The lowest BCUT2D eigenvalue weighted by atomic mass is 10.0. The first-order valence-electron chi connectivity index (χ1n) is 7.49. The average Bonchev–Trinajstić information content (AvgIpc) is 2.99. The van der Waals surface area contributed by atoms with Gasteiger partial charge in [0, 0.05) is 6.42 Å². The number of hydrogen-bond acceptors (Lipinski definition) is 5. The van der Waals surface area contributed by atoms with Gasteiger partial charge in [0.2, 0.25) is 11.0 Å². The van der Waals surface area contributed by atoms with E-state index in [9.17, 15) is 4.79 Å². The summed E-state index contributed by atoms with van der Waals surface area (Å²) in [6.07, 6.45) is 1.60. The molecule has 1 amide bonds. The van der Waals surface area contributed by atoms with Crippen molar-refractivity contribution in [3.8, 4) is 5.75 Å². The first-order valence-corrected chi connectivity index (χ1v) is 8.84. The van der Waals surface area contributed by atoms with Crippen molar-refractivity contribution in [1.82, 2.24) is 10.2 Å². The van der Waals surface area contributed by atoms with Crippen molar-refractivity contribution >= 4 is 34.0 Å². The first-order chi connectivity index (χ1) is 11.1. The third-order valence-corrected chi connectivity index (χ3v) is 4.30. The quantitative estimate of drug-likeness (QED) is 0.578. The molecule has 1 aromatic carbocycles. The third kappa shape index (κ3) is 5.80. The summed E-state index contributed by atoms with van der Waals surface area (Å²) in [5.74, 6) is 1.02. The lowest BCUT2D eigenvalue weighted by Gasteiger charge is -2.09. The van der Waals surface area contributed by atoms with E-state index in [1.54, 1.807) is 0 Å². The van der Waals surface area contributed by atoms with Crippen molar-refractivity contribution in [2.24, 2.45) is 0 Å². The summed E-state index contributed by atoms with van der Waals surface area (Å²) in [5, 5.41) is 11.9. The van der Waals surface area contributed by atoms with Crippen LogP contribution in [0.3, 0.4) is 0 Å². The Kier molecular flexibility index (Phi) is 6.80. The van der Waals surface area contributed by atoms with Gasteiger partial charge in [0.05, 0.1) is 6.61 Å². The number of amides is 1. The molecule has 0 spiro atoms. The fraction of sp³-hybridized carbons (Fsp3) is 0.438. The fourth-order valence-electron chi connectivity index (χ4n) is 1.93. The smallest absolute Gasteiger partial charge is 0.241 e. The number of nitrogens with zero attached hydrogens (tertiary/aromatic N) is 2. The van der Waals surface area contributed by atoms with Gasteiger partial charge < -0.3 is 4.74 Å². The molecule has 0 bridgehead atoms. The molecule has 1 aromatic heterocycles. The third-order valence-electron chi connectivity index (χ3n) is 3.16. The number of carbonyl (C=O) groups excluding carboxylic acids is 1. The molecule has 0 atom stereocenters. The first kappa shape index (κ1) is 17.7. The zero-order chi connectivity index (χ0) is 16.7. The van der Waals surface area contributed by atoms with E-state index < -0.39 is 0 Å². The van der Waals surface area contributed by atoms with Gasteiger partial charge in [-0.2, -0.15) is 0 Å². The lowest BCUT2D eigenvalue weighted by Crippen LogP contribution is -2.12. The Hall–Kier alpha value is -1.66. The van der Waals surface area contributed by atoms with Crippen LogP contribution in [0.5, 0.6) is 5.75 Å². The van der Waals surface area contributed by atoms with Crippen molar-refractivity contribution in [2.75, 3.05) is 17.8 Å². The van der Waals surface area contributed by atoms with Gasteiger partial charge in [-0.05, 0) is 30.0 Å². The Morgan fingerprint density at radius 3 is 2.96 bits per heavy atom. The molecule has 7 heteroatoms. The molecule has 2 rings (SSSR count). The molecule has 0 radical (unpaired) electrons. The molecule has 2 aromatic rings. The van der Waals surface area contributed by atoms with Crippen LogP contribution in [0.4, 0.5) is 5.13 Å². The van der Waals surface area contributed by atoms with E-state index in [0.29, 0.717) is 17.7 Å². The Balaban J connectivity index is 1.75. The molecule has 0 aliphatic heterocycles. The van der Waals surface area contributed by atoms with E-state index >= 15 is 0 Å². The summed E-state index contributed by atoms with van der Waals surface area (Å²) < 4.78 is 5.78. The molecule has 23 heavy (non-hydrogen) atoms. The van der Waals surface area contributed by atoms with Gasteiger partial charge in [-0.3, -0.25) is 10.1 Å². The summed E-state index contributed by atoms with van der Waals surface area (Å²) in [6, 6.07) is 8.17. The molecule has 0 aliphatic rings. The van der Waals surface area contributed by atoms with Gasteiger partial charge in [-0.1, -0.05) is 37.3 Å². The Bertz CT molecular complexity index is 646. The minimum absolute atomic E-state index is 0.0851. The molecule has 124 valence electrons. The van der Waals surface area contributed by atoms with Gasteiger partial charge >= 0.3 is 0 Å². The normalized spacial score (nSPS) is 10.8. The number of aromatic nitrogens is 2. The van der Waals surface area contributed by atoms with Gasteiger partial charge in [-0.15, -0.1) is 21.8 Å². The molecule has 1 N–H and O–H groups in total. The molecule has 0 fully saturated rings. The second-order valence-electron chi connectivity index (χ2n) is 5.36. The predicted octanol–water partition coefficient (Wildman–Crippen LogP) is 3.85. The molecule has 0 saturated heterocycles. The second-order valence-corrected chi connectivity index (χ2v) is 6.69. The number of rotatable bonds is 8. The van der Waals surface area contributed by atoms with E-state index in [1.165, 1.54) is 16.9 Å². The van der Waals surface area contributed by atoms with Crippen LogP contribution >= 0.6 is 22.9 Å². The molecule has 0 unspecified atom stereocenters. The minimum atomic E-state index is -0.275. The van der Waals surface area contributed by atoms with Crippen LogP contribution in [0.1, 0.15) is 36.8 Å².